The number of hydrogen-bond acceptors (Lipinski definition) is 4. The molecule has 0 saturated heterocycles. The van der Waals surface area contributed by atoms with Crippen molar-refractivity contribution >= 4 is 33.9 Å². The molecule has 32 heavy (non-hydrogen) atoms. The van der Waals surface area contributed by atoms with Gasteiger partial charge >= 0.3 is 0 Å². The van der Waals surface area contributed by atoms with Crippen LogP contribution in [0.2, 0.25) is 0 Å². The van der Waals surface area contributed by atoms with Gasteiger partial charge in [0.15, 0.2) is 0 Å². The van der Waals surface area contributed by atoms with Gasteiger partial charge in [-0.2, -0.15) is 0 Å². The Bertz CT molecular complexity index is 1340. The summed E-state index contributed by atoms with van der Waals surface area (Å²) in [6.07, 6.45) is 2.61. The van der Waals surface area contributed by atoms with Gasteiger partial charge in [-0.1, -0.05) is 18.2 Å². The minimum Gasteiger partial charge on any atom is -0.381 e. The summed E-state index contributed by atoms with van der Waals surface area (Å²) in [5.74, 6) is -0.246. The molecule has 7 heteroatoms. The molecule has 0 spiro atoms. The van der Waals surface area contributed by atoms with Crippen LogP contribution in [0.5, 0.6) is 0 Å². The third kappa shape index (κ3) is 3.47. The van der Waals surface area contributed by atoms with Crippen molar-refractivity contribution in [2.75, 3.05) is 16.8 Å². The summed E-state index contributed by atoms with van der Waals surface area (Å²) < 4.78 is 0. The molecule has 2 N–H and O–H groups in total. The van der Waals surface area contributed by atoms with Gasteiger partial charge in [-0.05, 0) is 66.8 Å². The summed E-state index contributed by atoms with van der Waals surface area (Å²) >= 11 is 0. The number of rotatable bonds is 3. The molecule has 0 saturated carbocycles. The summed E-state index contributed by atoms with van der Waals surface area (Å²) in [5.41, 5.74) is 4.07. The lowest BCUT2D eigenvalue weighted by atomic mass is 9.99. The van der Waals surface area contributed by atoms with E-state index in [0.29, 0.717) is 17.7 Å². The number of aromatic nitrogens is 1. The van der Waals surface area contributed by atoms with Crippen molar-refractivity contribution < 1.29 is 9.72 Å². The normalized spacial score (nSPS) is 15.7. The fraction of sp³-hybridized carbons (Fsp3) is 0.160. The Kier molecular flexibility index (Phi) is 4.86. The summed E-state index contributed by atoms with van der Waals surface area (Å²) in [5, 5.41) is 16.3. The van der Waals surface area contributed by atoms with Crippen molar-refractivity contribution in [2.24, 2.45) is 0 Å². The molecule has 1 aliphatic rings. The molecule has 1 amide bonds. The van der Waals surface area contributed by atoms with Crippen molar-refractivity contribution in [3.05, 3.63) is 88.6 Å². The van der Waals surface area contributed by atoms with Gasteiger partial charge in [0.05, 0.1) is 21.9 Å². The van der Waals surface area contributed by atoms with Crippen molar-refractivity contribution in [1.29, 1.82) is 0 Å². The standard InChI is InChI=1S/C25H22N4O3/c1-16-11-13-28(23-5-3-2-4-22(23)27-16)25(30)19-6-8-20(24(15-19)29(31)32)17-7-9-21-18(14-17)10-12-26-21/h2-10,12,14-16,26-27H,11,13H2,1H3. The highest BCUT2D eigenvalue weighted by Crippen LogP contribution is 2.35. The lowest BCUT2D eigenvalue weighted by Crippen LogP contribution is -2.32. The van der Waals surface area contributed by atoms with Gasteiger partial charge in [0, 0.05) is 35.9 Å². The maximum atomic E-state index is 13.5. The van der Waals surface area contributed by atoms with Gasteiger partial charge in [-0.25, -0.2) is 0 Å². The first-order chi connectivity index (χ1) is 15.5. The molecule has 3 aromatic carbocycles. The van der Waals surface area contributed by atoms with E-state index in [1.807, 2.05) is 54.7 Å². The second-order valence-corrected chi connectivity index (χ2v) is 8.08. The zero-order valence-corrected chi connectivity index (χ0v) is 17.5. The van der Waals surface area contributed by atoms with E-state index in [2.05, 4.69) is 17.2 Å². The van der Waals surface area contributed by atoms with Crippen LogP contribution in [0.25, 0.3) is 22.0 Å². The van der Waals surface area contributed by atoms with Crippen LogP contribution in [-0.2, 0) is 0 Å². The van der Waals surface area contributed by atoms with E-state index in [0.717, 1.165) is 34.3 Å². The number of para-hydroxylation sites is 2. The average Bonchev–Trinajstić information content (AvgIpc) is 3.20. The SMILES string of the molecule is CC1CCN(C(=O)c2ccc(-c3ccc4[nH]ccc4c3)c([N+](=O)[O-])c2)c2ccccc2N1. The number of amides is 1. The number of nitro groups is 1. The lowest BCUT2D eigenvalue weighted by molar-refractivity contribution is -0.384. The number of nitrogens with one attached hydrogen (secondary N) is 2. The Labute approximate surface area is 184 Å². The molecular weight excluding hydrogens is 404 g/mol. The van der Waals surface area contributed by atoms with Crippen LogP contribution < -0.4 is 10.2 Å². The maximum Gasteiger partial charge on any atom is 0.277 e. The Morgan fingerprint density at radius 3 is 2.78 bits per heavy atom. The molecule has 0 bridgehead atoms. The van der Waals surface area contributed by atoms with Crippen molar-refractivity contribution in [3.8, 4) is 11.1 Å². The first-order valence-corrected chi connectivity index (χ1v) is 10.5. The Morgan fingerprint density at radius 1 is 1.09 bits per heavy atom. The first-order valence-electron chi connectivity index (χ1n) is 10.5. The minimum atomic E-state index is -0.423. The van der Waals surface area contributed by atoms with Crippen LogP contribution in [0.15, 0.2) is 72.9 Å². The van der Waals surface area contributed by atoms with E-state index in [1.165, 1.54) is 6.07 Å². The van der Waals surface area contributed by atoms with Crippen LogP contribution in [0.4, 0.5) is 17.1 Å². The predicted octanol–water partition coefficient (Wildman–Crippen LogP) is 5.59. The van der Waals surface area contributed by atoms with Gasteiger partial charge in [-0.3, -0.25) is 14.9 Å². The van der Waals surface area contributed by atoms with Gasteiger partial charge in [-0.15, -0.1) is 0 Å². The number of nitrogens with zero attached hydrogens (tertiary/aromatic N) is 2. The number of carbonyl (C=O) groups excluding carboxylic acids is 1. The van der Waals surface area contributed by atoms with Gasteiger partial charge in [0.2, 0.25) is 0 Å². The first kappa shape index (κ1) is 19.8. The third-order valence-corrected chi connectivity index (χ3v) is 5.93. The molecule has 5 rings (SSSR count). The predicted molar refractivity (Wildman–Crippen MR) is 126 cm³/mol. The van der Waals surface area contributed by atoms with E-state index in [9.17, 15) is 14.9 Å². The number of nitro benzene ring substituents is 1. The molecule has 2 heterocycles. The number of fused-ring (bicyclic) bond motifs is 2. The summed E-state index contributed by atoms with van der Waals surface area (Å²) in [6.45, 7) is 2.61. The molecular formula is C25H22N4O3. The smallest absolute Gasteiger partial charge is 0.277 e. The van der Waals surface area contributed by atoms with E-state index >= 15 is 0 Å². The monoisotopic (exact) mass is 426 g/mol. The Morgan fingerprint density at radius 2 is 1.94 bits per heavy atom. The fourth-order valence-corrected chi connectivity index (χ4v) is 4.26. The van der Waals surface area contributed by atoms with Crippen LogP contribution in [0, 0.1) is 10.1 Å². The fourth-order valence-electron chi connectivity index (χ4n) is 4.26. The van der Waals surface area contributed by atoms with E-state index in [-0.39, 0.29) is 17.6 Å². The minimum absolute atomic E-state index is 0.0830. The Hall–Kier alpha value is -4.13. The lowest BCUT2D eigenvalue weighted by Gasteiger charge is -2.22. The molecule has 1 atom stereocenters. The highest BCUT2D eigenvalue weighted by Gasteiger charge is 2.26. The van der Waals surface area contributed by atoms with E-state index in [1.54, 1.807) is 17.0 Å². The summed E-state index contributed by atoms with van der Waals surface area (Å²) in [4.78, 5) is 29.8. The number of carbonyl (C=O) groups is 1. The number of aromatic amines is 1. The number of benzene rings is 3. The maximum absolute atomic E-state index is 13.5. The van der Waals surface area contributed by atoms with Crippen LogP contribution in [0.3, 0.4) is 0 Å². The van der Waals surface area contributed by atoms with Crippen LogP contribution >= 0.6 is 0 Å². The second-order valence-electron chi connectivity index (χ2n) is 8.08. The second kappa shape index (κ2) is 7.85. The molecule has 1 aliphatic heterocycles. The van der Waals surface area contributed by atoms with Crippen molar-refractivity contribution in [3.63, 3.8) is 0 Å². The van der Waals surface area contributed by atoms with E-state index < -0.39 is 4.92 Å². The largest absolute Gasteiger partial charge is 0.381 e. The molecule has 1 unspecified atom stereocenters. The molecule has 0 fully saturated rings. The molecule has 0 aliphatic carbocycles. The highest BCUT2D eigenvalue weighted by atomic mass is 16.6. The topological polar surface area (TPSA) is 91.3 Å². The number of H-pyrrole nitrogens is 1. The summed E-state index contributed by atoms with van der Waals surface area (Å²) in [6, 6.07) is 20.2. The molecule has 7 nitrogen and oxygen atoms in total. The van der Waals surface area contributed by atoms with Crippen LogP contribution in [-0.4, -0.2) is 28.4 Å². The molecule has 160 valence electrons. The highest BCUT2D eigenvalue weighted by molar-refractivity contribution is 6.08. The van der Waals surface area contributed by atoms with Gasteiger partial charge in [0.1, 0.15) is 0 Å². The zero-order valence-electron chi connectivity index (χ0n) is 17.5. The van der Waals surface area contributed by atoms with Gasteiger partial charge < -0.3 is 15.2 Å². The Balaban J connectivity index is 1.55. The van der Waals surface area contributed by atoms with Gasteiger partial charge in [0.25, 0.3) is 11.6 Å². The molecule has 1 aromatic heterocycles. The molecule has 0 radical (unpaired) electrons. The number of hydrogen-bond donors (Lipinski definition) is 2. The van der Waals surface area contributed by atoms with Crippen molar-refractivity contribution in [1.82, 2.24) is 4.98 Å². The van der Waals surface area contributed by atoms with E-state index in [4.69, 9.17) is 0 Å². The average molecular weight is 426 g/mol. The quantitative estimate of drug-likeness (QED) is 0.330. The van der Waals surface area contributed by atoms with Crippen molar-refractivity contribution in [2.45, 2.75) is 19.4 Å². The molecule has 4 aromatic rings. The van der Waals surface area contributed by atoms with Crippen LogP contribution in [0.1, 0.15) is 23.7 Å². The number of anilines is 2. The zero-order chi connectivity index (χ0) is 22.2. The summed E-state index contributed by atoms with van der Waals surface area (Å²) in [7, 11) is 0. The third-order valence-electron chi connectivity index (χ3n) is 5.93.